The quantitative estimate of drug-likeness (QED) is 0.602. The van der Waals surface area contributed by atoms with Gasteiger partial charge in [0.1, 0.15) is 0 Å². The Morgan fingerprint density at radius 1 is 1.17 bits per heavy atom. The van der Waals surface area contributed by atoms with E-state index in [0.29, 0.717) is 18.4 Å². The topological polar surface area (TPSA) is 89.5 Å². The van der Waals surface area contributed by atoms with Crippen molar-refractivity contribution in [2.75, 3.05) is 6.54 Å². The number of benzene rings is 1. The van der Waals surface area contributed by atoms with Crippen molar-refractivity contribution in [1.82, 2.24) is 5.01 Å². The summed E-state index contributed by atoms with van der Waals surface area (Å²) >= 11 is 0. The molecule has 7 heteroatoms. The normalized spacial score (nSPS) is 23.7. The molecule has 0 bridgehead atoms. The average molecular weight is 251 g/mol. The molecule has 0 radical (unpaired) electrons. The zero-order valence-corrected chi connectivity index (χ0v) is 9.64. The number of piperidine rings is 1. The lowest BCUT2D eigenvalue weighted by atomic mass is 9.92. The van der Waals surface area contributed by atoms with Crippen LogP contribution < -0.4 is 0 Å². The standard InChI is InChI=1S/C11H13N3O4/c15-13(16)10-7-4-8-12(14(17)18)11(10)9-5-2-1-3-6-9/h1-3,5-6,10-11H,4,7-8H2. The predicted molar refractivity (Wildman–Crippen MR) is 62.9 cm³/mol. The van der Waals surface area contributed by atoms with E-state index in [-0.39, 0.29) is 6.54 Å². The van der Waals surface area contributed by atoms with Gasteiger partial charge in [-0.1, -0.05) is 30.3 Å². The van der Waals surface area contributed by atoms with E-state index in [1.54, 1.807) is 30.3 Å². The second-order valence-corrected chi connectivity index (χ2v) is 4.25. The van der Waals surface area contributed by atoms with Gasteiger partial charge in [0.25, 0.3) is 0 Å². The molecule has 1 saturated heterocycles. The van der Waals surface area contributed by atoms with Crippen molar-refractivity contribution in [1.29, 1.82) is 0 Å². The average Bonchev–Trinajstić information content (AvgIpc) is 2.38. The maximum Gasteiger partial charge on any atom is 0.243 e. The highest BCUT2D eigenvalue weighted by atomic mass is 16.7. The summed E-state index contributed by atoms with van der Waals surface area (Å²) in [6, 6.07) is 6.94. The molecule has 0 spiro atoms. The molecular weight excluding hydrogens is 238 g/mol. The van der Waals surface area contributed by atoms with Crippen LogP contribution >= 0.6 is 0 Å². The molecule has 1 aromatic carbocycles. The Morgan fingerprint density at radius 2 is 1.83 bits per heavy atom. The van der Waals surface area contributed by atoms with Crippen LogP contribution in [0.15, 0.2) is 30.3 Å². The predicted octanol–water partition coefficient (Wildman–Crippen LogP) is 1.66. The van der Waals surface area contributed by atoms with Crippen molar-refractivity contribution in [2.24, 2.45) is 0 Å². The van der Waals surface area contributed by atoms with Gasteiger partial charge in [0.15, 0.2) is 11.1 Å². The minimum absolute atomic E-state index is 0.247. The third-order valence-electron chi connectivity index (χ3n) is 3.19. The van der Waals surface area contributed by atoms with Crippen LogP contribution in [0.5, 0.6) is 0 Å². The van der Waals surface area contributed by atoms with Crippen LogP contribution in [0, 0.1) is 20.2 Å². The zero-order chi connectivity index (χ0) is 13.1. The van der Waals surface area contributed by atoms with Gasteiger partial charge in [-0.05, 0) is 12.0 Å². The Kier molecular flexibility index (Phi) is 3.40. The fraction of sp³-hybridized carbons (Fsp3) is 0.455. The summed E-state index contributed by atoms with van der Waals surface area (Å²) in [4.78, 5) is 21.7. The van der Waals surface area contributed by atoms with Crippen molar-refractivity contribution in [3.05, 3.63) is 56.1 Å². The molecule has 1 heterocycles. The molecule has 18 heavy (non-hydrogen) atoms. The fourth-order valence-electron chi connectivity index (χ4n) is 2.41. The molecular formula is C11H13N3O4. The summed E-state index contributed by atoms with van der Waals surface area (Å²) in [6.45, 7) is 0.247. The van der Waals surface area contributed by atoms with Crippen LogP contribution in [-0.2, 0) is 0 Å². The summed E-state index contributed by atoms with van der Waals surface area (Å²) in [5.74, 6) is 0. The van der Waals surface area contributed by atoms with Gasteiger partial charge < -0.3 is 0 Å². The molecule has 0 amide bonds. The van der Waals surface area contributed by atoms with E-state index >= 15 is 0 Å². The monoisotopic (exact) mass is 251 g/mol. The van der Waals surface area contributed by atoms with Gasteiger partial charge in [-0.3, -0.25) is 10.1 Å². The van der Waals surface area contributed by atoms with Gasteiger partial charge in [-0.2, -0.15) is 0 Å². The molecule has 0 aromatic heterocycles. The molecule has 1 aromatic rings. The number of nitrogens with zero attached hydrogens (tertiary/aromatic N) is 3. The number of hydrogen-bond donors (Lipinski definition) is 0. The lowest BCUT2D eigenvalue weighted by molar-refractivity contribution is -0.685. The highest BCUT2D eigenvalue weighted by Gasteiger charge is 2.45. The first-order valence-electron chi connectivity index (χ1n) is 5.70. The van der Waals surface area contributed by atoms with Gasteiger partial charge in [0, 0.05) is 11.3 Å². The molecule has 2 atom stereocenters. The minimum Gasteiger partial charge on any atom is -0.264 e. The summed E-state index contributed by atoms with van der Waals surface area (Å²) in [5.41, 5.74) is 0.621. The van der Waals surface area contributed by atoms with E-state index in [4.69, 9.17) is 0 Å². The highest BCUT2D eigenvalue weighted by molar-refractivity contribution is 5.20. The lowest BCUT2D eigenvalue weighted by Crippen LogP contribution is -2.47. The molecule has 1 aliphatic rings. The van der Waals surface area contributed by atoms with Crippen molar-refractivity contribution in [3.8, 4) is 0 Å². The van der Waals surface area contributed by atoms with Crippen molar-refractivity contribution < 1.29 is 9.96 Å². The largest absolute Gasteiger partial charge is 0.264 e. The first-order valence-corrected chi connectivity index (χ1v) is 5.70. The number of rotatable bonds is 3. The van der Waals surface area contributed by atoms with Crippen LogP contribution in [0.3, 0.4) is 0 Å². The third-order valence-corrected chi connectivity index (χ3v) is 3.19. The highest BCUT2D eigenvalue weighted by Crippen LogP contribution is 2.32. The second-order valence-electron chi connectivity index (χ2n) is 4.25. The van der Waals surface area contributed by atoms with Crippen LogP contribution in [0.25, 0.3) is 0 Å². The maximum atomic E-state index is 11.1. The summed E-state index contributed by atoms with van der Waals surface area (Å²) in [6.07, 6.45) is 0.840. The molecule has 2 unspecified atom stereocenters. The summed E-state index contributed by atoms with van der Waals surface area (Å²) in [5, 5.41) is 22.5. The Bertz CT molecular complexity index is 429. The van der Waals surface area contributed by atoms with Gasteiger partial charge in [-0.25, -0.2) is 10.1 Å². The maximum absolute atomic E-state index is 11.1. The van der Waals surface area contributed by atoms with E-state index in [1.165, 1.54) is 0 Å². The van der Waals surface area contributed by atoms with Crippen molar-refractivity contribution in [2.45, 2.75) is 24.9 Å². The van der Waals surface area contributed by atoms with E-state index in [0.717, 1.165) is 5.01 Å². The Morgan fingerprint density at radius 3 is 2.39 bits per heavy atom. The molecule has 2 rings (SSSR count). The molecule has 0 N–H and O–H groups in total. The fourth-order valence-corrected chi connectivity index (χ4v) is 2.41. The van der Waals surface area contributed by atoms with Crippen LogP contribution in [0.4, 0.5) is 0 Å². The minimum atomic E-state index is -0.924. The SMILES string of the molecule is O=[N+]([O-])C1CCCN([N+](=O)[O-])C1c1ccccc1. The van der Waals surface area contributed by atoms with Gasteiger partial charge in [0.2, 0.25) is 6.04 Å². The van der Waals surface area contributed by atoms with Crippen molar-refractivity contribution in [3.63, 3.8) is 0 Å². The number of nitro groups is 2. The second kappa shape index (κ2) is 4.99. The van der Waals surface area contributed by atoms with Crippen LogP contribution in [-0.4, -0.2) is 27.6 Å². The first kappa shape index (κ1) is 12.3. The van der Waals surface area contributed by atoms with Gasteiger partial charge >= 0.3 is 0 Å². The van der Waals surface area contributed by atoms with E-state index in [1.807, 2.05) is 0 Å². The van der Waals surface area contributed by atoms with E-state index in [2.05, 4.69) is 0 Å². The van der Waals surface area contributed by atoms with Gasteiger partial charge in [-0.15, -0.1) is 5.01 Å². The number of hydrazine groups is 1. The zero-order valence-electron chi connectivity index (χ0n) is 9.64. The Hall–Kier alpha value is -2.18. The van der Waals surface area contributed by atoms with E-state index in [9.17, 15) is 20.2 Å². The summed E-state index contributed by atoms with van der Waals surface area (Å²) < 4.78 is 0. The molecule has 0 aliphatic carbocycles. The Labute approximate surface area is 103 Å². The Balaban J connectivity index is 2.38. The molecule has 7 nitrogen and oxygen atoms in total. The first-order chi connectivity index (χ1) is 8.61. The molecule has 96 valence electrons. The molecule has 1 fully saturated rings. The van der Waals surface area contributed by atoms with Crippen LogP contribution in [0.2, 0.25) is 0 Å². The van der Waals surface area contributed by atoms with Crippen molar-refractivity contribution >= 4 is 0 Å². The molecule has 0 saturated carbocycles. The smallest absolute Gasteiger partial charge is 0.243 e. The molecule has 1 aliphatic heterocycles. The summed E-state index contributed by atoms with van der Waals surface area (Å²) in [7, 11) is 0. The van der Waals surface area contributed by atoms with Gasteiger partial charge in [0.05, 0.1) is 6.54 Å². The lowest BCUT2D eigenvalue weighted by Gasteiger charge is -2.31. The van der Waals surface area contributed by atoms with E-state index < -0.39 is 22.0 Å². The van der Waals surface area contributed by atoms with Crippen LogP contribution in [0.1, 0.15) is 24.4 Å². The number of hydrogen-bond acceptors (Lipinski definition) is 4. The third kappa shape index (κ3) is 2.24.